The van der Waals surface area contributed by atoms with E-state index < -0.39 is 28.5 Å². The van der Waals surface area contributed by atoms with Crippen LogP contribution in [-0.2, 0) is 26.2 Å². The van der Waals surface area contributed by atoms with Crippen LogP contribution in [0.25, 0.3) is 0 Å². The Bertz CT molecular complexity index is 1390. The van der Waals surface area contributed by atoms with Crippen molar-refractivity contribution < 1.29 is 18.0 Å². The highest BCUT2D eigenvalue weighted by atomic mass is 79.9. The maximum Gasteiger partial charge on any atom is 0.264 e. The van der Waals surface area contributed by atoms with Crippen LogP contribution in [0.5, 0.6) is 0 Å². The second kappa shape index (κ2) is 13.8. The lowest BCUT2D eigenvalue weighted by atomic mass is 10.1. The number of sulfonamides is 1. The number of unbranched alkanes of at least 4 members (excludes halogenated alkanes) is 1. The summed E-state index contributed by atoms with van der Waals surface area (Å²) in [6, 6.07) is 20.2. The van der Waals surface area contributed by atoms with E-state index in [-0.39, 0.29) is 17.3 Å². The van der Waals surface area contributed by atoms with Gasteiger partial charge in [0.15, 0.2) is 0 Å². The summed E-state index contributed by atoms with van der Waals surface area (Å²) in [6.07, 6.45) is 1.76. The quantitative estimate of drug-likeness (QED) is 0.270. The molecule has 0 aromatic heterocycles. The lowest BCUT2D eigenvalue weighted by Crippen LogP contribution is -2.51. The molecule has 39 heavy (non-hydrogen) atoms. The monoisotopic (exact) mass is 613 g/mol. The zero-order valence-electron chi connectivity index (χ0n) is 22.9. The van der Waals surface area contributed by atoms with Gasteiger partial charge in [-0.25, -0.2) is 8.42 Å². The van der Waals surface area contributed by atoms with Crippen LogP contribution < -0.4 is 9.62 Å². The highest BCUT2D eigenvalue weighted by Crippen LogP contribution is 2.26. The summed E-state index contributed by atoms with van der Waals surface area (Å²) in [6.45, 7) is 7.65. The van der Waals surface area contributed by atoms with Gasteiger partial charge in [-0.3, -0.25) is 13.9 Å². The molecule has 1 N–H and O–H groups in total. The Kier molecular flexibility index (Phi) is 10.7. The van der Waals surface area contributed by atoms with Crippen LogP contribution in [0.2, 0.25) is 0 Å². The van der Waals surface area contributed by atoms with Gasteiger partial charge in [0.25, 0.3) is 10.0 Å². The van der Waals surface area contributed by atoms with Gasteiger partial charge in [0.05, 0.1) is 10.6 Å². The average Bonchev–Trinajstić information content (AvgIpc) is 2.90. The van der Waals surface area contributed by atoms with Crippen LogP contribution >= 0.6 is 15.9 Å². The van der Waals surface area contributed by atoms with Gasteiger partial charge in [-0.15, -0.1) is 0 Å². The van der Waals surface area contributed by atoms with Crippen molar-refractivity contribution in [1.82, 2.24) is 10.2 Å². The van der Waals surface area contributed by atoms with Gasteiger partial charge in [0.2, 0.25) is 11.8 Å². The van der Waals surface area contributed by atoms with E-state index >= 15 is 0 Å². The van der Waals surface area contributed by atoms with Crippen LogP contribution in [-0.4, -0.2) is 44.3 Å². The van der Waals surface area contributed by atoms with Crippen LogP contribution in [0.15, 0.2) is 82.2 Å². The van der Waals surface area contributed by atoms with Crippen molar-refractivity contribution in [3.8, 4) is 0 Å². The molecule has 0 bridgehead atoms. The lowest BCUT2D eigenvalue weighted by Gasteiger charge is -2.32. The molecule has 3 aromatic carbocycles. The third-order valence-corrected chi connectivity index (χ3v) is 8.70. The Morgan fingerprint density at radius 2 is 1.64 bits per heavy atom. The van der Waals surface area contributed by atoms with E-state index in [9.17, 15) is 18.0 Å². The Labute approximate surface area is 240 Å². The Morgan fingerprint density at radius 3 is 2.28 bits per heavy atom. The molecule has 3 aromatic rings. The predicted octanol–water partition coefficient (Wildman–Crippen LogP) is 5.59. The number of amides is 2. The van der Waals surface area contributed by atoms with Crippen molar-refractivity contribution in [2.24, 2.45) is 0 Å². The molecule has 0 saturated heterocycles. The number of anilines is 1. The smallest absolute Gasteiger partial charge is 0.264 e. The van der Waals surface area contributed by atoms with E-state index in [4.69, 9.17) is 0 Å². The fraction of sp³-hybridized carbons (Fsp3) is 0.333. The van der Waals surface area contributed by atoms with Gasteiger partial charge in [0, 0.05) is 17.6 Å². The van der Waals surface area contributed by atoms with Gasteiger partial charge in [0.1, 0.15) is 12.6 Å². The topological polar surface area (TPSA) is 86.8 Å². The number of nitrogens with one attached hydrogen (secondary N) is 1. The van der Waals surface area contributed by atoms with Gasteiger partial charge in [-0.1, -0.05) is 71.2 Å². The van der Waals surface area contributed by atoms with E-state index in [1.807, 2.05) is 51.1 Å². The van der Waals surface area contributed by atoms with Crippen molar-refractivity contribution in [2.45, 2.75) is 58.0 Å². The third kappa shape index (κ3) is 8.16. The molecule has 0 heterocycles. The number of halogens is 1. The Balaban J connectivity index is 2.00. The molecule has 0 aliphatic carbocycles. The highest BCUT2D eigenvalue weighted by Gasteiger charge is 2.32. The summed E-state index contributed by atoms with van der Waals surface area (Å²) in [5, 5.41) is 2.90. The van der Waals surface area contributed by atoms with E-state index in [1.54, 1.807) is 49.4 Å². The summed E-state index contributed by atoms with van der Waals surface area (Å²) >= 11 is 3.46. The molecule has 3 rings (SSSR count). The molecule has 0 aliphatic heterocycles. The van der Waals surface area contributed by atoms with Crippen molar-refractivity contribution in [3.05, 3.63) is 94.0 Å². The number of rotatable bonds is 12. The van der Waals surface area contributed by atoms with Gasteiger partial charge >= 0.3 is 0 Å². The number of aryl methyl sites for hydroxylation is 2. The SMILES string of the molecule is CCCCNC(=O)[C@@H](C)N(Cc1cccc(Br)c1)C(=O)CN(c1cccc(C)c1)S(=O)(=O)c1ccc(C)cc1. The molecule has 0 saturated carbocycles. The molecular weight excluding hydrogens is 578 g/mol. The normalized spacial score (nSPS) is 12.0. The summed E-state index contributed by atoms with van der Waals surface area (Å²) in [5.74, 6) is -0.763. The van der Waals surface area contributed by atoms with Crippen LogP contribution in [0, 0.1) is 13.8 Å². The number of carbonyl (C=O) groups is 2. The van der Waals surface area contributed by atoms with Crippen molar-refractivity contribution in [1.29, 1.82) is 0 Å². The van der Waals surface area contributed by atoms with Crippen molar-refractivity contribution in [3.63, 3.8) is 0 Å². The minimum absolute atomic E-state index is 0.0892. The summed E-state index contributed by atoms with van der Waals surface area (Å²) < 4.78 is 29.7. The molecule has 0 fully saturated rings. The van der Waals surface area contributed by atoms with Crippen LogP contribution in [0.4, 0.5) is 5.69 Å². The number of nitrogens with zero attached hydrogens (tertiary/aromatic N) is 2. The lowest BCUT2D eigenvalue weighted by molar-refractivity contribution is -0.139. The molecule has 9 heteroatoms. The van der Waals surface area contributed by atoms with Crippen LogP contribution in [0.1, 0.15) is 43.4 Å². The highest BCUT2D eigenvalue weighted by molar-refractivity contribution is 9.10. The summed E-state index contributed by atoms with van der Waals surface area (Å²) in [5.41, 5.74) is 2.98. The number of benzene rings is 3. The molecule has 0 aliphatic rings. The van der Waals surface area contributed by atoms with Gasteiger partial charge in [-0.05, 0) is 74.7 Å². The standard InChI is InChI=1S/C30H36BrN3O4S/c1-5-6-17-32-30(36)24(4)33(20-25-10-8-11-26(31)19-25)29(35)21-34(27-12-7-9-23(3)18-27)39(37,38)28-15-13-22(2)14-16-28/h7-16,18-19,24H,5-6,17,20-21H2,1-4H3,(H,32,36)/t24-/m1/s1. The molecule has 7 nitrogen and oxygen atoms in total. The number of hydrogen-bond acceptors (Lipinski definition) is 4. The fourth-order valence-electron chi connectivity index (χ4n) is 4.10. The predicted molar refractivity (Wildman–Crippen MR) is 159 cm³/mol. The minimum atomic E-state index is -4.08. The first-order valence-corrected chi connectivity index (χ1v) is 15.2. The molecule has 1 atom stereocenters. The summed E-state index contributed by atoms with van der Waals surface area (Å²) in [4.78, 5) is 28.5. The van der Waals surface area contributed by atoms with Crippen LogP contribution in [0.3, 0.4) is 0 Å². The number of hydrogen-bond donors (Lipinski definition) is 1. The maximum atomic E-state index is 13.9. The molecule has 0 spiro atoms. The summed E-state index contributed by atoms with van der Waals surface area (Å²) in [7, 11) is -4.08. The zero-order valence-corrected chi connectivity index (χ0v) is 25.3. The first-order valence-electron chi connectivity index (χ1n) is 13.0. The van der Waals surface area contributed by atoms with E-state index in [1.165, 1.54) is 4.90 Å². The first-order chi connectivity index (χ1) is 18.5. The van der Waals surface area contributed by atoms with E-state index in [0.29, 0.717) is 12.2 Å². The van der Waals surface area contributed by atoms with Crippen molar-refractivity contribution in [2.75, 3.05) is 17.4 Å². The van der Waals surface area contributed by atoms with E-state index in [2.05, 4.69) is 21.2 Å². The minimum Gasteiger partial charge on any atom is -0.354 e. The van der Waals surface area contributed by atoms with Crippen molar-refractivity contribution >= 4 is 43.5 Å². The van der Waals surface area contributed by atoms with Gasteiger partial charge in [-0.2, -0.15) is 0 Å². The molecule has 0 unspecified atom stereocenters. The zero-order chi connectivity index (χ0) is 28.6. The first kappa shape index (κ1) is 30.4. The molecular formula is C30H36BrN3O4S. The third-order valence-electron chi connectivity index (χ3n) is 6.42. The molecule has 2 amide bonds. The number of carbonyl (C=O) groups excluding carboxylic acids is 2. The van der Waals surface area contributed by atoms with E-state index in [0.717, 1.165) is 38.3 Å². The fourth-order valence-corrected chi connectivity index (χ4v) is 5.95. The Hall–Kier alpha value is -3.17. The second-order valence-corrected chi connectivity index (χ2v) is 12.4. The maximum absolute atomic E-state index is 13.9. The Morgan fingerprint density at radius 1 is 0.949 bits per heavy atom. The molecule has 208 valence electrons. The largest absolute Gasteiger partial charge is 0.354 e. The molecule has 0 radical (unpaired) electrons. The average molecular weight is 615 g/mol. The second-order valence-electron chi connectivity index (χ2n) is 9.64. The van der Waals surface area contributed by atoms with Gasteiger partial charge < -0.3 is 10.2 Å².